The third kappa shape index (κ3) is 3.82. The molecule has 0 spiro atoms. The van der Waals surface area contributed by atoms with E-state index in [1.807, 2.05) is 34.6 Å². The molecule has 0 saturated heterocycles. The summed E-state index contributed by atoms with van der Waals surface area (Å²) < 4.78 is 0. The van der Waals surface area contributed by atoms with Crippen LogP contribution < -0.4 is 0 Å². The summed E-state index contributed by atoms with van der Waals surface area (Å²) in [6, 6.07) is 0. The van der Waals surface area contributed by atoms with Gasteiger partial charge in [0.25, 0.3) is 0 Å². The average Bonchev–Trinajstić information content (AvgIpc) is 2.99. The second kappa shape index (κ2) is 8.85. The molecule has 0 radical (unpaired) electrons. The number of rotatable bonds is 5. The van der Waals surface area contributed by atoms with Crippen LogP contribution in [0, 0.1) is 39.4 Å². The van der Waals surface area contributed by atoms with Gasteiger partial charge >= 0.3 is 5.97 Å². The zero-order valence-corrected chi connectivity index (χ0v) is 23.3. The van der Waals surface area contributed by atoms with Crippen molar-refractivity contribution in [2.45, 2.75) is 105 Å². The van der Waals surface area contributed by atoms with Crippen molar-refractivity contribution in [2.75, 3.05) is 0 Å². The molecule has 7 nitrogen and oxygen atoms in total. The predicted octanol–water partition coefficient (Wildman–Crippen LogP) is 3.84. The summed E-state index contributed by atoms with van der Waals surface area (Å²) in [5.41, 5.74) is -0.477. The third-order valence-corrected chi connectivity index (χ3v) is 11.4. The first-order chi connectivity index (χ1) is 16.9. The highest BCUT2D eigenvalue weighted by Crippen LogP contribution is 2.71. The number of hydrogen-bond acceptors (Lipinski definition) is 6. The summed E-state index contributed by atoms with van der Waals surface area (Å²) >= 11 is 0. The Morgan fingerprint density at radius 2 is 1.68 bits per heavy atom. The van der Waals surface area contributed by atoms with Gasteiger partial charge in [0.1, 0.15) is 0 Å². The van der Waals surface area contributed by atoms with Crippen LogP contribution in [0.3, 0.4) is 0 Å². The highest BCUT2D eigenvalue weighted by molar-refractivity contribution is 6.00. The summed E-state index contributed by atoms with van der Waals surface area (Å²) in [7, 11) is 0. The van der Waals surface area contributed by atoms with E-state index < -0.39 is 51.9 Å². The molecular formula is C30H44O7. The van der Waals surface area contributed by atoms with Gasteiger partial charge in [-0.2, -0.15) is 0 Å². The summed E-state index contributed by atoms with van der Waals surface area (Å²) in [4.78, 5) is 37.9. The lowest BCUT2D eigenvalue weighted by atomic mass is 9.42. The van der Waals surface area contributed by atoms with Crippen LogP contribution in [0.2, 0.25) is 0 Å². The number of ketones is 2. The number of carboxylic acids is 1. The van der Waals surface area contributed by atoms with Crippen LogP contribution in [0.5, 0.6) is 0 Å². The van der Waals surface area contributed by atoms with Crippen LogP contribution in [0.4, 0.5) is 0 Å². The SMILES string of the molecule is C/C(=C/C(=O)C[C@@H](C)C(=O)O)[C@H]1C[C@H](O)[C@@]2(C)C3=C(C(=O)C[C@]12C)[C@@]1(C)CC[C@H](O)C(C)(C)[C@@H]1C[C@@H]3O. The minimum atomic E-state index is -1.02. The largest absolute Gasteiger partial charge is 0.481 e. The number of Topliss-reactive ketones (excluding diaryl/α,β-unsaturated/α-hetero) is 1. The Morgan fingerprint density at radius 1 is 1.05 bits per heavy atom. The van der Waals surface area contributed by atoms with E-state index in [0.717, 1.165) is 5.57 Å². The lowest BCUT2D eigenvalue weighted by Crippen LogP contribution is -2.60. The molecule has 4 N–H and O–H groups in total. The molecule has 0 aromatic rings. The highest BCUT2D eigenvalue weighted by Gasteiger charge is 2.69. The molecule has 2 saturated carbocycles. The minimum absolute atomic E-state index is 0.00820. The van der Waals surface area contributed by atoms with Crippen molar-refractivity contribution in [3.63, 3.8) is 0 Å². The molecule has 0 amide bonds. The molecule has 0 aromatic heterocycles. The van der Waals surface area contributed by atoms with E-state index in [0.29, 0.717) is 36.8 Å². The van der Waals surface area contributed by atoms with Gasteiger partial charge in [0.2, 0.25) is 0 Å². The summed E-state index contributed by atoms with van der Waals surface area (Å²) in [6.45, 7) is 13.4. The number of carboxylic acid groups (broad SMARTS) is 1. The molecule has 4 aliphatic rings. The highest BCUT2D eigenvalue weighted by atomic mass is 16.4. The van der Waals surface area contributed by atoms with Gasteiger partial charge in [-0.3, -0.25) is 14.4 Å². The maximum Gasteiger partial charge on any atom is 0.306 e. The van der Waals surface area contributed by atoms with Gasteiger partial charge in [-0.15, -0.1) is 0 Å². The fourth-order valence-corrected chi connectivity index (χ4v) is 8.96. The summed E-state index contributed by atoms with van der Waals surface area (Å²) in [6.07, 6.45) is 1.39. The number of carbonyl (C=O) groups excluding carboxylic acids is 2. The Labute approximate surface area is 220 Å². The first-order valence-electron chi connectivity index (χ1n) is 13.7. The van der Waals surface area contributed by atoms with E-state index in [9.17, 15) is 29.7 Å². The second-order valence-electron chi connectivity index (χ2n) is 13.7. The number of allylic oxidation sites excluding steroid dienone is 3. The molecule has 7 heteroatoms. The van der Waals surface area contributed by atoms with Crippen LogP contribution in [-0.4, -0.2) is 56.3 Å². The lowest BCUT2D eigenvalue weighted by Gasteiger charge is -2.62. The van der Waals surface area contributed by atoms with Crippen molar-refractivity contribution in [2.24, 2.45) is 39.4 Å². The molecule has 9 atom stereocenters. The van der Waals surface area contributed by atoms with E-state index in [1.165, 1.54) is 13.0 Å². The molecule has 206 valence electrons. The standard InChI is InChI=1S/C30H44O7/c1-15(10-17(31)11-16(2)26(36)37)18-12-23(35)30(7)25-19(32)13-21-27(3,4)22(34)8-9-28(21,5)24(25)20(33)14-29(18,30)6/h10,16,18-19,21-23,32,34-35H,8-9,11-14H2,1-7H3,(H,36,37)/b15-10-/t16-,18-,19+,21+,22+,23+,28+,29-,30+/m1/s1. The van der Waals surface area contributed by atoms with Crippen LogP contribution in [-0.2, 0) is 14.4 Å². The Kier molecular flexibility index (Phi) is 6.74. The Hall–Kier alpha value is -1.83. The number of fused-ring (bicyclic) bond motifs is 4. The maximum atomic E-state index is 14.1. The van der Waals surface area contributed by atoms with Gasteiger partial charge < -0.3 is 20.4 Å². The van der Waals surface area contributed by atoms with Gasteiger partial charge in [-0.05, 0) is 72.3 Å². The molecule has 0 aliphatic heterocycles. The van der Waals surface area contributed by atoms with Gasteiger partial charge in [0.05, 0.1) is 24.2 Å². The zero-order valence-electron chi connectivity index (χ0n) is 23.3. The van der Waals surface area contributed by atoms with Crippen LogP contribution in [0.15, 0.2) is 22.8 Å². The molecule has 4 aliphatic carbocycles. The average molecular weight is 517 g/mol. The van der Waals surface area contributed by atoms with E-state index >= 15 is 0 Å². The Balaban J connectivity index is 1.79. The van der Waals surface area contributed by atoms with Crippen LogP contribution in [0.25, 0.3) is 0 Å². The molecule has 0 heterocycles. The lowest BCUT2D eigenvalue weighted by molar-refractivity contribution is -0.142. The molecule has 37 heavy (non-hydrogen) atoms. The third-order valence-electron chi connectivity index (χ3n) is 11.4. The van der Waals surface area contributed by atoms with Crippen molar-refractivity contribution < 1.29 is 34.8 Å². The number of aliphatic hydroxyl groups is 3. The minimum Gasteiger partial charge on any atom is -0.481 e. The van der Waals surface area contributed by atoms with Crippen LogP contribution in [0.1, 0.15) is 87.0 Å². The van der Waals surface area contributed by atoms with Crippen molar-refractivity contribution in [3.05, 3.63) is 22.8 Å². The Morgan fingerprint density at radius 3 is 2.27 bits per heavy atom. The quantitative estimate of drug-likeness (QED) is 0.408. The van der Waals surface area contributed by atoms with Crippen LogP contribution >= 0.6 is 0 Å². The normalized spacial score (nSPS) is 44.1. The first-order valence-corrected chi connectivity index (χ1v) is 13.7. The predicted molar refractivity (Wildman–Crippen MR) is 138 cm³/mol. The Bertz CT molecular complexity index is 1090. The second-order valence-corrected chi connectivity index (χ2v) is 13.7. The van der Waals surface area contributed by atoms with Crippen molar-refractivity contribution >= 4 is 17.5 Å². The summed E-state index contributed by atoms with van der Waals surface area (Å²) in [5.74, 6) is -2.44. The first kappa shape index (κ1) is 28.2. The summed E-state index contributed by atoms with van der Waals surface area (Å²) in [5, 5.41) is 43.2. The number of hydrogen-bond donors (Lipinski definition) is 4. The van der Waals surface area contributed by atoms with Gasteiger partial charge in [-0.1, -0.05) is 47.1 Å². The smallest absolute Gasteiger partial charge is 0.306 e. The van der Waals surface area contributed by atoms with Crippen molar-refractivity contribution in [3.8, 4) is 0 Å². The molecule has 0 bridgehead atoms. The molecule has 0 unspecified atom stereocenters. The fourth-order valence-electron chi connectivity index (χ4n) is 8.96. The topological polar surface area (TPSA) is 132 Å². The van der Waals surface area contributed by atoms with Gasteiger partial charge in [-0.25, -0.2) is 0 Å². The van der Waals surface area contributed by atoms with Gasteiger partial charge in [0, 0.05) is 23.8 Å². The number of aliphatic carboxylic acids is 1. The molecule has 4 rings (SSSR count). The van der Waals surface area contributed by atoms with E-state index in [2.05, 4.69) is 6.92 Å². The molecule has 0 aromatic carbocycles. The fraction of sp³-hybridized carbons (Fsp3) is 0.767. The number of carbonyl (C=O) groups is 3. The van der Waals surface area contributed by atoms with E-state index in [4.69, 9.17) is 5.11 Å². The number of aliphatic hydroxyl groups excluding tert-OH is 3. The maximum absolute atomic E-state index is 14.1. The van der Waals surface area contributed by atoms with Gasteiger partial charge in [0.15, 0.2) is 11.6 Å². The monoisotopic (exact) mass is 516 g/mol. The van der Waals surface area contributed by atoms with E-state index in [1.54, 1.807) is 0 Å². The van der Waals surface area contributed by atoms with Crippen molar-refractivity contribution in [1.82, 2.24) is 0 Å². The molecule has 2 fully saturated rings. The van der Waals surface area contributed by atoms with Crippen molar-refractivity contribution in [1.29, 1.82) is 0 Å². The zero-order chi connectivity index (χ0) is 27.9. The van der Waals surface area contributed by atoms with E-state index in [-0.39, 0.29) is 36.2 Å². The molecular weight excluding hydrogens is 472 g/mol.